The molecule has 1 atom stereocenters. The molecule has 1 aromatic carbocycles. The van der Waals surface area contributed by atoms with Crippen molar-refractivity contribution in [1.29, 1.82) is 0 Å². The van der Waals surface area contributed by atoms with Crippen molar-refractivity contribution >= 4 is 30.5 Å². The maximum atomic E-state index is 12.4. The molecule has 2 heterocycles. The van der Waals surface area contributed by atoms with Crippen LogP contribution in [0.25, 0.3) is 0 Å². The SMILES string of the molecule is Nc1cccc(C(=NO)C(=O)NC2Cc3cccc(C(=O)O)c3OB2O)n1. The average molecular weight is 370 g/mol. The predicted molar refractivity (Wildman–Crippen MR) is 94.6 cm³/mol. The van der Waals surface area contributed by atoms with Crippen LogP contribution >= 0.6 is 0 Å². The van der Waals surface area contributed by atoms with E-state index in [4.69, 9.17) is 10.4 Å². The molecular formula is C16H15BN4O6. The van der Waals surface area contributed by atoms with Gasteiger partial charge in [0.1, 0.15) is 17.3 Å². The standard InChI is InChI=1S/C16H15BN4O6/c18-12-6-2-5-10(19-12)13(21-26)15(22)20-11-7-8-3-1-4-9(16(23)24)14(8)27-17(11)25/h1-6,11,25-26H,7H2,(H2,18,19)(H,20,22)(H,23,24). The molecule has 0 spiro atoms. The van der Waals surface area contributed by atoms with Crippen molar-refractivity contribution in [3.8, 4) is 5.75 Å². The number of carboxylic acids is 1. The summed E-state index contributed by atoms with van der Waals surface area (Å²) in [5.41, 5.74) is 5.65. The quantitative estimate of drug-likeness (QED) is 0.211. The van der Waals surface area contributed by atoms with Gasteiger partial charge in [0.05, 0.1) is 11.5 Å². The first kappa shape index (κ1) is 18.2. The molecule has 2 aromatic rings. The van der Waals surface area contributed by atoms with Gasteiger partial charge in [0.15, 0.2) is 5.71 Å². The number of nitrogens with two attached hydrogens (primary N) is 1. The van der Waals surface area contributed by atoms with Crippen LogP contribution in [0, 0.1) is 0 Å². The van der Waals surface area contributed by atoms with Crippen LogP contribution in [0.3, 0.4) is 0 Å². The first-order chi connectivity index (χ1) is 12.9. The monoisotopic (exact) mass is 370 g/mol. The summed E-state index contributed by atoms with van der Waals surface area (Å²) in [4.78, 5) is 27.6. The molecule has 3 rings (SSSR count). The van der Waals surface area contributed by atoms with E-state index in [0.717, 1.165) is 0 Å². The molecule has 1 unspecified atom stereocenters. The minimum absolute atomic E-state index is 0.0507. The van der Waals surface area contributed by atoms with Crippen molar-refractivity contribution in [2.24, 2.45) is 5.16 Å². The van der Waals surface area contributed by atoms with Gasteiger partial charge in [-0.3, -0.25) is 4.79 Å². The number of carbonyl (C=O) groups is 2. The number of amides is 1. The van der Waals surface area contributed by atoms with Crippen LogP contribution < -0.4 is 15.7 Å². The minimum atomic E-state index is -1.49. The number of aromatic carboxylic acids is 1. The molecule has 1 aliphatic heterocycles. The number of hydrogen-bond acceptors (Lipinski definition) is 8. The summed E-state index contributed by atoms with van der Waals surface area (Å²) >= 11 is 0. The molecular weight excluding hydrogens is 355 g/mol. The van der Waals surface area contributed by atoms with Gasteiger partial charge in [-0.05, 0) is 30.2 Å². The number of pyridine rings is 1. The summed E-state index contributed by atoms with van der Waals surface area (Å²) < 4.78 is 5.30. The molecule has 10 nitrogen and oxygen atoms in total. The van der Waals surface area contributed by atoms with Gasteiger partial charge in [0.25, 0.3) is 5.91 Å². The zero-order chi connectivity index (χ0) is 19.6. The molecule has 0 saturated carbocycles. The molecule has 1 aliphatic rings. The molecule has 1 amide bonds. The van der Waals surface area contributed by atoms with E-state index in [1.54, 1.807) is 18.2 Å². The topological polar surface area (TPSA) is 167 Å². The number of carbonyl (C=O) groups excluding carboxylic acids is 1. The summed E-state index contributed by atoms with van der Waals surface area (Å²) in [5.74, 6) is -2.70. The summed E-state index contributed by atoms with van der Waals surface area (Å²) in [6, 6.07) is 9.01. The lowest BCUT2D eigenvalue weighted by Gasteiger charge is -2.28. The Hall–Kier alpha value is -3.60. The number of benzene rings is 1. The highest BCUT2D eigenvalue weighted by Gasteiger charge is 2.38. The number of nitrogens with one attached hydrogen (secondary N) is 1. The van der Waals surface area contributed by atoms with Gasteiger partial charge >= 0.3 is 13.1 Å². The Morgan fingerprint density at radius 1 is 1.30 bits per heavy atom. The highest BCUT2D eigenvalue weighted by Crippen LogP contribution is 2.30. The van der Waals surface area contributed by atoms with Crippen LogP contribution in [0.4, 0.5) is 5.82 Å². The summed E-state index contributed by atoms with van der Waals surface area (Å²) in [7, 11) is -1.49. The van der Waals surface area contributed by atoms with Crippen LogP contribution in [0.1, 0.15) is 21.6 Å². The van der Waals surface area contributed by atoms with Crippen LogP contribution in [0.15, 0.2) is 41.6 Å². The number of fused-ring (bicyclic) bond motifs is 1. The number of hydrogen-bond donors (Lipinski definition) is 5. The van der Waals surface area contributed by atoms with Crippen molar-refractivity contribution in [3.63, 3.8) is 0 Å². The molecule has 138 valence electrons. The van der Waals surface area contributed by atoms with E-state index in [9.17, 15) is 24.9 Å². The van der Waals surface area contributed by atoms with Gasteiger partial charge in [0, 0.05) is 0 Å². The first-order valence-corrected chi connectivity index (χ1v) is 7.86. The van der Waals surface area contributed by atoms with Gasteiger partial charge in [0.2, 0.25) is 0 Å². The van der Waals surface area contributed by atoms with Crippen LogP contribution in [0.5, 0.6) is 5.75 Å². The highest BCUT2D eigenvalue weighted by atomic mass is 16.5. The maximum Gasteiger partial charge on any atom is 0.547 e. The van der Waals surface area contributed by atoms with Gasteiger partial charge in [-0.1, -0.05) is 23.4 Å². The number of oxime groups is 1. The molecule has 1 aromatic heterocycles. The van der Waals surface area contributed by atoms with Gasteiger partial charge in [-0.25, -0.2) is 9.78 Å². The number of carboxylic acid groups (broad SMARTS) is 1. The molecule has 27 heavy (non-hydrogen) atoms. The van der Waals surface area contributed by atoms with Crippen molar-refractivity contribution in [2.75, 3.05) is 5.73 Å². The summed E-state index contributed by atoms with van der Waals surface area (Å²) in [5, 5.41) is 34.0. The number of para-hydroxylation sites is 1. The van der Waals surface area contributed by atoms with Gasteiger partial charge in [-0.15, -0.1) is 0 Å². The molecule has 6 N–H and O–H groups in total. The van der Waals surface area contributed by atoms with E-state index in [1.165, 1.54) is 18.2 Å². The van der Waals surface area contributed by atoms with Gasteiger partial charge < -0.3 is 31.0 Å². The molecule has 0 fully saturated rings. The normalized spacial score (nSPS) is 16.3. The van der Waals surface area contributed by atoms with E-state index < -0.39 is 24.9 Å². The smallest absolute Gasteiger partial charge is 0.534 e. The molecule has 11 heteroatoms. The van der Waals surface area contributed by atoms with Crippen LogP contribution in [-0.2, 0) is 11.2 Å². The van der Waals surface area contributed by atoms with E-state index in [0.29, 0.717) is 5.56 Å². The van der Waals surface area contributed by atoms with Crippen LogP contribution in [-0.4, -0.2) is 51.0 Å². The zero-order valence-corrected chi connectivity index (χ0v) is 13.9. The third-order valence-corrected chi connectivity index (χ3v) is 3.99. The van der Waals surface area contributed by atoms with E-state index in [1.807, 2.05) is 0 Å². The fourth-order valence-corrected chi connectivity index (χ4v) is 2.75. The second kappa shape index (κ2) is 7.34. The number of rotatable bonds is 4. The summed E-state index contributed by atoms with van der Waals surface area (Å²) in [6.45, 7) is 0. The zero-order valence-electron chi connectivity index (χ0n) is 13.9. The molecule has 0 aliphatic carbocycles. The molecule has 0 radical (unpaired) electrons. The number of nitrogens with zero attached hydrogens (tertiary/aromatic N) is 2. The Labute approximate surface area is 153 Å². The maximum absolute atomic E-state index is 12.4. The number of aromatic nitrogens is 1. The fourth-order valence-electron chi connectivity index (χ4n) is 2.75. The number of nitrogen functional groups attached to an aromatic ring is 1. The second-order valence-electron chi connectivity index (χ2n) is 5.79. The predicted octanol–water partition coefficient (Wildman–Crippen LogP) is -0.320. The Morgan fingerprint density at radius 2 is 2.04 bits per heavy atom. The average Bonchev–Trinajstić information content (AvgIpc) is 2.62. The Bertz CT molecular complexity index is 935. The Balaban J connectivity index is 1.81. The Morgan fingerprint density at radius 3 is 2.70 bits per heavy atom. The molecule has 0 bridgehead atoms. The van der Waals surface area contributed by atoms with E-state index >= 15 is 0 Å². The lowest BCUT2D eigenvalue weighted by molar-refractivity contribution is -0.115. The first-order valence-electron chi connectivity index (χ1n) is 7.86. The lowest BCUT2D eigenvalue weighted by Crippen LogP contribution is -2.54. The minimum Gasteiger partial charge on any atom is -0.534 e. The fraction of sp³-hybridized carbons (Fsp3) is 0.125. The lowest BCUT2D eigenvalue weighted by atomic mass is 9.72. The van der Waals surface area contributed by atoms with Crippen LogP contribution in [0.2, 0.25) is 0 Å². The second-order valence-corrected chi connectivity index (χ2v) is 5.79. The highest BCUT2D eigenvalue weighted by molar-refractivity contribution is 6.50. The largest absolute Gasteiger partial charge is 0.547 e. The molecule has 0 saturated heterocycles. The van der Waals surface area contributed by atoms with Crippen molar-refractivity contribution in [3.05, 3.63) is 53.2 Å². The van der Waals surface area contributed by atoms with Crippen molar-refractivity contribution in [1.82, 2.24) is 10.3 Å². The van der Waals surface area contributed by atoms with Gasteiger partial charge in [-0.2, -0.15) is 0 Å². The van der Waals surface area contributed by atoms with Crippen molar-refractivity contribution < 1.29 is 29.6 Å². The Kier molecular flexibility index (Phi) is 4.95. The summed E-state index contributed by atoms with van der Waals surface area (Å²) in [6.07, 6.45) is 0.117. The number of anilines is 1. The van der Waals surface area contributed by atoms with Crippen molar-refractivity contribution in [2.45, 2.75) is 12.4 Å². The van der Waals surface area contributed by atoms with E-state index in [2.05, 4.69) is 15.5 Å². The van der Waals surface area contributed by atoms with E-state index in [-0.39, 0.29) is 35.0 Å². The third kappa shape index (κ3) is 3.67. The third-order valence-electron chi connectivity index (χ3n) is 3.99.